The molecule has 1 heterocycles. The number of amides is 1. The third-order valence-electron chi connectivity index (χ3n) is 7.68. The number of carboxylic acid groups (broad SMARTS) is 1. The summed E-state index contributed by atoms with van der Waals surface area (Å²) in [5.74, 6) is 1.08. The number of rotatable bonds is 11. The summed E-state index contributed by atoms with van der Waals surface area (Å²) in [4.78, 5) is 27.1. The highest BCUT2D eigenvalue weighted by molar-refractivity contribution is 5.95. The van der Waals surface area contributed by atoms with Gasteiger partial charge in [-0.05, 0) is 105 Å². The molecule has 0 saturated heterocycles. The molecule has 1 aromatic heterocycles. The SMILES string of the molecule is Cc1ccc(Cc2ccccc2N(CC(=O)Nc2cccc3c2CCCC3)Cc2ccc(OC(C)(C)C(=O)O)cc2)o1. The zero-order valence-corrected chi connectivity index (χ0v) is 24.5. The number of benzene rings is 3. The van der Waals surface area contributed by atoms with E-state index in [4.69, 9.17) is 9.15 Å². The molecule has 42 heavy (non-hydrogen) atoms. The number of para-hydroxylation sites is 1. The van der Waals surface area contributed by atoms with Crippen molar-refractivity contribution in [3.8, 4) is 5.75 Å². The van der Waals surface area contributed by atoms with Crippen molar-refractivity contribution < 1.29 is 23.8 Å². The molecule has 0 unspecified atom stereocenters. The van der Waals surface area contributed by atoms with Crippen molar-refractivity contribution in [3.05, 3.63) is 113 Å². The summed E-state index contributed by atoms with van der Waals surface area (Å²) in [5.41, 5.74) is 5.10. The number of aliphatic carboxylic acids is 1. The number of carbonyl (C=O) groups is 2. The Bertz CT molecular complexity index is 1550. The Kier molecular flexibility index (Phi) is 8.67. The van der Waals surface area contributed by atoms with E-state index in [1.54, 1.807) is 12.1 Å². The monoisotopic (exact) mass is 566 g/mol. The Morgan fingerprint density at radius 1 is 0.952 bits per heavy atom. The number of carboxylic acids is 1. The van der Waals surface area contributed by atoms with E-state index in [1.165, 1.54) is 31.4 Å². The Hall–Kier alpha value is -4.52. The van der Waals surface area contributed by atoms with Crippen LogP contribution in [-0.4, -0.2) is 29.1 Å². The molecule has 0 fully saturated rings. The molecule has 1 aliphatic rings. The van der Waals surface area contributed by atoms with Gasteiger partial charge in [0.05, 0.1) is 6.54 Å². The van der Waals surface area contributed by atoms with Gasteiger partial charge >= 0.3 is 5.97 Å². The molecule has 218 valence electrons. The molecule has 1 amide bonds. The van der Waals surface area contributed by atoms with Crippen molar-refractivity contribution in [1.82, 2.24) is 0 Å². The lowest BCUT2D eigenvalue weighted by atomic mass is 9.90. The van der Waals surface area contributed by atoms with Crippen LogP contribution in [0.3, 0.4) is 0 Å². The second-order valence-corrected chi connectivity index (χ2v) is 11.4. The fourth-order valence-electron chi connectivity index (χ4n) is 5.45. The van der Waals surface area contributed by atoms with Gasteiger partial charge in [-0.25, -0.2) is 4.79 Å². The number of carbonyl (C=O) groups excluding carboxylic acids is 1. The largest absolute Gasteiger partial charge is 0.478 e. The number of aryl methyl sites for hydroxylation is 2. The number of hydrogen-bond donors (Lipinski definition) is 2. The summed E-state index contributed by atoms with van der Waals surface area (Å²) in [6.07, 6.45) is 4.95. The predicted octanol–water partition coefficient (Wildman–Crippen LogP) is 6.94. The van der Waals surface area contributed by atoms with Gasteiger partial charge in [0.1, 0.15) is 17.3 Å². The Balaban J connectivity index is 1.40. The van der Waals surface area contributed by atoms with Gasteiger partial charge in [-0.2, -0.15) is 0 Å². The van der Waals surface area contributed by atoms with Gasteiger partial charge in [-0.15, -0.1) is 0 Å². The van der Waals surface area contributed by atoms with E-state index in [0.717, 1.165) is 53.3 Å². The van der Waals surface area contributed by atoms with Crippen molar-refractivity contribution in [2.75, 3.05) is 16.8 Å². The Morgan fingerprint density at radius 3 is 2.45 bits per heavy atom. The highest BCUT2D eigenvalue weighted by atomic mass is 16.5. The third-order valence-corrected chi connectivity index (χ3v) is 7.68. The van der Waals surface area contributed by atoms with Crippen molar-refractivity contribution in [2.45, 2.75) is 65.0 Å². The van der Waals surface area contributed by atoms with E-state index in [1.807, 2.05) is 61.5 Å². The molecule has 5 rings (SSSR count). The van der Waals surface area contributed by atoms with Crippen LogP contribution in [0.2, 0.25) is 0 Å². The van der Waals surface area contributed by atoms with Crippen molar-refractivity contribution >= 4 is 23.3 Å². The topological polar surface area (TPSA) is 92.0 Å². The standard InChI is InChI=1S/C35H38N2O5/c1-24-15-18-29(41-24)21-27-10-5-7-14-32(27)37(22-25-16-19-28(20-17-25)42-35(2,3)34(39)40)23-33(38)36-31-13-8-11-26-9-4-6-12-30(26)31/h5,7-8,10-11,13-20H,4,6,9,12,21-23H2,1-3H3,(H,36,38)(H,39,40). The molecule has 0 spiro atoms. The fraction of sp³-hybridized carbons (Fsp3) is 0.314. The van der Waals surface area contributed by atoms with Crippen LogP contribution in [0.25, 0.3) is 0 Å². The van der Waals surface area contributed by atoms with Crippen LogP contribution < -0.4 is 15.0 Å². The van der Waals surface area contributed by atoms with Crippen molar-refractivity contribution in [2.24, 2.45) is 0 Å². The summed E-state index contributed by atoms with van der Waals surface area (Å²) in [6, 6.07) is 25.6. The maximum atomic E-state index is 13.6. The van der Waals surface area contributed by atoms with Crippen LogP contribution in [0, 0.1) is 6.92 Å². The summed E-state index contributed by atoms with van der Waals surface area (Å²) in [6.45, 7) is 5.59. The number of hydrogen-bond acceptors (Lipinski definition) is 5. The van der Waals surface area contributed by atoms with E-state index < -0.39 is 11.6 Å². The molecule has 7 heteroatoms. The zero-order chi connectivity index (χ0) is 29.7. The maximum absolute atomic E-state index is 13.6. The first-order valence-corrected chi connectivity index (χ1v) is 14.5. The number of anilines is 2. The summed E-state index contributed by atoms with van der Waals surface area (Å²) in [5, 5.41) is 12.6. The van der Waals surface area contributed by atoms with E-state index in [9.17, 15) is 14.7 Å². The quantitative estimate of drug-likeness (QED) is 0.204. The molecule has 0 radical (unpaired) electrons. The lowest BCUT2D eigenvalue weighted by Gasteiger charge is -2.28. The lowest BCUT2D eigenvalue weighted by molar-refractivity contribution is -0.152. The number of nitrogens with one attached hydrogen (secondary N) is 1. The van der Waals surface area contributed by atoms with Crippen LogP contribution in [0.1, 0.15) is 60.5 Å². The van der Waals surface area contributed by atoms with Gasteiger partial charge in [0.25, 0.3) is 0 Å². The fourth-order valence-corrected chi connectivity index (χ4v) is 5.45. The minimum atomic E-state index is -1.34. The second kappa shape index (κ2) is 12.6. The van der Waals surface area contributed by atoms with Gasteiger partial charge in [0.15, 0.2) is 5.60 Å². The molecule has 4 aromatic rings. The number of fused-ring (bicyclic) bond motifs is 1. The molecule has 0 atom stereocenters. The Morgan fingerprint density at radius 2 is 1.71 bits per heavy atom. The molecule has 3 aromatic carbocycles. The molecular weight excluding hydrogens is 528 g/mol. The van der Waals surface area contributed by atoms with Gasteiger partial charge < -0.3 is 24.5 Å². The minimum absolute atomic E-state index is 0.0826. The smallest absolute Gasteiger partial charge is 0.347 e. The third kappa shape index (κ3) is 7.03. The van der Waals surface area contributed by atoms with Crippen LogP contribution in [0.15, 0.2) is 83.3 Å². The molecule has 0 aliphatic heterocycles. The van der Waals surface area contributed by atoms with E-state index in [0.29, 0.717) is 18.7 Å². The van der Waals surface area contributed by atoms with E-state index >= 15 is 0 Å². The molecule has 1 aliphatic carbocycles. The Labute approximate surface area is 247 Å². The van der Waals surface area contributed by atoms with Crippen LogP contribution in [0.4, 0.5) is 11.4 Å². The highest BCUT2D eigenvalue weighted by Gasteiger charge is 2.29. The zero-order valence-electron chi connectivity index (χ0n) is 24.5. The van der Waals surface area contributed by atoms with Crippen LogP contribution in [-0.2, 0) is 35.4 Å². The highest BCUT2D eigenvalue weighted by Crippen LogP contribution is 2.29. The van der Waals surface area contributed by atoms with Gasteiger partial charge in [0, 0.05) is 24.3 Å². The van der Waals surface area contributed by atoms with Gasteiger partial charge in [-0.1, -0.05) is 42.5 Å². The normalized spacial score (nSPS) is 12.8. The second-order valence-electron chi connectivity index (χ2n) is 11.4. The first-order valence-electron chi connectivity index (χ1n) is 14.5. The summed E-state index contributed by atoms with van der Waals surface area (Å²) < 4.78 is 11.6. The van der Waals surface area contributed by atoms with Crippen LogP contribution in [0.5, 0.6) is 5.75 Å². The average molecular weight is 567 g/mol. The molecule has 2 N–H and O–H groups in total. The van der Waals surface area contributed by atoms with Gasteiger partial charge in [-0.3, -0.25) is 4.79 Å². The molecular formula is C35H38N2O5. The van der Waals surface area contributed by atoms with Gasteiger partial charge in [0.2, 0.25) is 5.91 Å². The molecule has 0 bridgehead atoms. The first kappa shape index (κ1) is 29.0. The lowest BCUT2D eigenvalue weighted by Crippen LogP contribution is -2.37. The predicted molar refractivity (Wildman–Crippen MR) is 164 cm³/mol. The number of ether oxygens (including phenoxy) is 1. The van der Waals surface area contributed by atoms with E-state index in [-0.39, 0.29) is 12.5 Å². The van der Waals surface area contributed by atoms with Crippen molar-refractivity contribution in [1.29, 1.82) is 0 Å². The number of furan rings is 1. The maximum Gasteiger partial charge on any atom is 0.347 e. The molecule has 7 nitrogen and oxygen atoms in total. The van der Waals surface area contributed by atoms with Crippen LogP contribution >= 0.6 is 0 Å². The van der Waals surface area contributed by atoms with E-state index in [2.05, 4.69) is 22.3 Å². The summed E-state index contributed by atoms with van der Waals surface area (Å²) in [7, 11) is 0. The van der Waals surface area contributed by atoms with Crippen molar-refractivity contribution in [3.63, 3.8) is 0 Å². The number of nitrogens with zero attached hydrogens (tertiary/aromatic N) is 1. The average Bonchev–Trinajstić information content (AvgIpc) is 3.38. The molecule has 0 saturated carbocycles. The first-order chi connectivity index (χ1) is 20.2. The minimum Gasteiger partial charge on any atom is -0.478 e. The summed E-state index contributed by atoms with van der Waals surface area (Å²) >= 11 is 0.